The Balaban J connectivity index is 1.56. The number of aromatic nitrogens is 2. The number of nitrogens with one attached hydrogen (secondary N) is 2. The van der Waals surface area contributed by atoms with Crippen molar-refractivity contribution < 1.29 is 23.7 Å². The lowest BCUT2D eigenvalue weighted by atomic mass is 10.0. The number of alkyl carbamates (subject to hydrolysis) is 1. The van der Waals surface area contributed by atoms with Gasteiger partial charge < -0.3 is 29.6 Å². The van der Waals surface area contributed by atoms with Crippen LogP contribution in [0.4, 0.5) is 10.7 Å². The van der Waals surface area contributed by atoms with Crippen LogP contribution in [-0.4, -0.2) is 61.2 Å². The van der Waals surface area contributed by atoms with Crippen molar-refractivity contribution in [1.82, 2.24) is 15.3 Å². The molecule has 2 aromatic carbocycles. The van der Waals surface area contributed by atoms with Crippen molar-refractivity contribution in [2.24, 2.45) is 0 Å². The number of benzene rings is 2. The molecule has 0 saturated carbocycles. The third-order valence-corrected chi connectivity index (χ3v) is 6.29. The third-order valence-electron chi connectivity index (χ3n) is 5.54. The number of nitrogens with zero attached hydrogens (tertiary/aromatic N) is 2. The average molecular weight is 535 g/mol. The fourth-order valence-corrected chi connectivity index (χ4v) is 4.58. The van der Waals surface area contributed by atoms with E-state index in [0.717, 1.165) is 10.9 Å². The summed E-state index contributed by atoms with van der Waals surface area (Å²) >= 11 is 13.2. The summed E-state index contributed by atoms with van der Waals surface area (Å²) in [5, 5.41) is 7.65. The van der Waals surface area contributed by atoms with Gasteiger partial charge >= 0.3 is 6.09 Å². The molecule has 0 bridgehead atoms. The van der Waals surface area contributed by atoms with Gasteiger partial charge in [-0.05, 0) is 38.5 Å². The molecule has 3 aromatic rings. The molecule has 2 unspecified atom stereocenters. The second-order valence-corrected chi connectivity index (χ2v) is 10.0. The standard InChI is InChI=1S/C25H28Cl2N4O5/c1-25(2,3)36-24(32)31-17-12-35-11-16(17)30-23-28-10-14-8-13(6-7-15(14)29-23)20-21(26)18(33-4)9-19(34-5)22(20)27/h6-10,16-17H,11-12H2,1-5H3,(H,31,32)(H,28,29,30). The Hall–Kier alpha value is -3.01. The summed E-state index contributed by atoms with van der Waals surface area (Å²) in [6.07, 6.45) is 1.21. The van der Waals surface area contributed by atoms with E-state index in [9.17, 15) is 4.79 Å². The molecule has 1 saturated heterocycles. The number of rotatable bonds is 6. The minimum Gasteiger partial charge on any atom is -0.495 e. The molecule has 1 fully saturated rings. The van der Waals surface area contributed by atoms with Gasteiger partial charge in [0.15, 0.2) is 0 Å². The summed E-state index contributed by atoms with van der Waals surface area (Å²) in [5.41, 5.74) is 1.49. The van der Waals surface area contributed by atoms with Crippen molar-refractivity contribution >= 4 is 46.1 Å². The maximum atomic E-state index is 12.2. The van der Waals surface area contributed by atoms with Gasteiger partial charge in [-0.15, -0.1) is 0 Å². The van der Waals surface area contributed by atoms with Crippen LogP contribution in [0.3, 0.4) is 0 Å². The maximum Gasteiger partial charge on any atom is 0.408 e. The Morgan fingerprint density at radius 2 is 1.72 bits per heavy atom. The Labute approximate surface area is 219 Å². The highest BCUT2D eigenvalue weighted by molar-refractivity contribution is 6.41. The molecule has 2 heterocycles. The first-order chi connectivity index (χ1) is 17.1. The van der Waals surface area contributed by atoms with E-state index in [1.807, 2.05) is 39.0 Å². The zero-order valence-electron chi connectivity index (χ0n) is 20.6. The van der Waals surface area contributed by atoms with E-state index in [1.165, 1.54) is 14.2 Å². The van der Waals surface area contributed by atoms with Crippen LogP contribution >= 0.6 is 23.2 Å². The summed E-state index contributed by atoms with van der Waals surface area (Å²) in [5.74, 6) is 1.33. The van der Waals surface area contributed by atoms with Crippen LogP contribution in [0.25, 0.3) is 22.0 Å². The molecule has 0 radical (unpaired) electrons. The van der Waals surface area contributed by atoms with Gasteiger partial charge in [0.2, 0.25) is 5.95 Å². The molecule has 1 aliphatic rings. The molecule has 36 heavy (non-hydrogen) atoms. The zero-order chi connectivity index (χ0) is 26.0. The van der Waals surface area contributed by atoms with E-state index in [1.54, 1.807) is 12.3 Å². The molecule has 0 aliphatic carbocycles. The number of fused-ring (bicyclic) bond motifs is 1. The monoisotopic (exact) mass is 534 g/mol. The second kappa shape index (κ2) is 10.5. The van der Waals surface area contributed by atoms with Crippen LogP contribution in [0.2, 0.25) is 10.0 Å². The lowest BCUT2D eigenvalue weighted by molar-refractivity contribution is 0.0497. The van der Waals surface area contributed by atoms with Gasteiger partial charge in [0.05, 0.1) is 55.1 Å². The number of carbonyl (C=O) groups is 1. The van der Waals surface area contributed by atoms with Crippen molar-refractivity contribution in [2.75, 3.05) is 32.8 Å². The summed E-state index contributed by atoms with van der Waals surface area (Å²) in [4.78, 5) is 21.3. The molecule has 192 valence electrons. The molecule has 0 spiro atoms. The van der Waals surface area contributed by atoms with E-state index in [-0.39, 0.29) is 12.1 Å². The van der Waals surface area contributed by atoms with Crippen LogP contribution in [0.15, 0.2) is 30.5 Å². The fourth-order valence-electron chi connectivity index (χ4n) is 3.86. The number of halogens is 2. The highest BCUT2D eigenvalue weighted by Gasteiger charge is 2.31. The molecule has 11 heteroatoms. The van der Waals surface area contributed by atoms with Gasteiger partial charge in [0.25, 0.3) is 0 Å². The predicted molar refractivity (Wildman–Crippen MR) is 139 cm³/mol. The van der Waals surface area contributed by atoms with Crippen LogP contribution in [0, 0.1) is 0 Å². The van der Waals surface area contributed by atoms with Crippen molar-refractivity contribution in [3.63, 3.8) is 0 Å². The summed E-state index contributed by atoms with van der Waals surface area (Å²) in [6.45, 7) is 6.20. The van der Waals surface area contributed by atoms with E-state index < -0.39 is 11.7 Å². The van der Waals surface area contributed by atoms with Gasteiger partial charge in [-0.2, -0.15) is 0 Å². The summed E-state index contributed by atoms with van der Waals surface area (Å²) < 4.78 is 21.7. The lowest BCUT2D eigenvalue weighted by Crippen LogP contribution is -2.47. The highest BCUT2D eigenvalue weighted by Crippen LogP contribution is 2.46. The molecule has 2 N–H and O–H groups in total. The summed E-state index contributed by atoms with van der Waals surface area (Å²) in [7, 11) is 3.06. The first kappa shape index (κ1) is 26.1. The molecule has 4 rings (SSSR count). The van der Waals surface area contributed by atoms with E-state index in [0.29, 0.717) is 51.8 Å². The molecule has 1 aromatic heterocycles. The molecule has 1 aliphatic heterocycles. The Kier molecular flexibility index (Phi) is 7.63. The van der Waals surface area contributed by atoms with Crippen molar-refractivity contribution in [3.8, 4) is 22.6 Å². The van der Waals surface area contributed by atoms with Crippen molar-refractivity contribution in [2.45, 2.75) is 38.5 Å². The van der Waals surface area contributed by atoms with Crippen LogP contribution in [0.1, 0.15) is 20.8 Å². The minimum absolute atomic E-state index is 0.212. The fraction of sp³-hybridized carbons (Fsp3) is 0.400. The molecule has 1 amide bonds. The lowest BCUT2D eigenvalue weighted by Gasteiger charge is -2.24. The van der Waals surface area contributed by atoms with Gasteiger partial charge in [-0.3, -0.25) is 0 Å². The number of amides is 1. The smallest absolute Gasteiger partial charge is 0.408 e. The summed E-state index contributed by atoms with van der Waals surface area (Å²) in [6, 6.07) is 6.78. The first-order valence-electron chi connectivity index (χ1n) is 11.3. The topological polar surface area (TPSA) is 104 Å². The minimum atomic E-state index is -0.586. The van der Waals surface area contributed by atoms with Gasteiger partial charge in [-0.25, -0.2) is 14.8 Å². The average Bonchev–Trinajstić information content (AvgIpc) is 3.24. The third kappa shape index (κ3) is 5.69. The highest BCUT2D eigenvalue weighted by atomic mass is 35.5. The normalized spacial score (nSPS) is 17.6. The molecule has 2 atom stereocenters. The van der Waals surface area contributed by atoms with Gasteiger partial charge in [0, 0.05) is 23.2 Å². The first-order valence-corrected chi connectivity index (χ1v) is 12.1. The van der Waals surface area contributed by atoms with Gasteiger partial charge in [0.1, 0.15) is 17.1 Å². The molecular formula is C25H28Cl2N4O5. The molecular weight excluding hydrogens is 507 g/mol. The Morgan fingerprint density at radius 3 is 2.36 bits per heavy atom. The Bertz CT molecular complexity index is 1250. The van der Waals surface area contributed by atoms with E-state index >= 15 is 0 Å². The Morgan fingerprint density at radius 1 is 1.06 bits per heavy atom. The van der Waals surface area contributed by atoms with Gasteiger partial charge in [-0.1, -0.05) is 29.3 Å². The maximum absolute atomic E-state index is 12.2. The van der Waals surface area contributed by atoms with Crippen molar-refractivity contribution in [3.05, 3.63) is 40.5 Å². The number of carbonyl (C=O) groups excluding carboxylic acids is 1. The van der Waals surface area contributed by atoms with Crippen LogP contribution in [0.5, 0.6) is 11.5 Å². The van der Waals surface area contributed by atoms with Crippen molar-refractivity contribution in [1.29, 1.82) is 0 Å². The van der Waals surface area contributed by atoms with E-state index in [2.05, 4.69) is 20.6 Å². The zero-order valence-corrected chi connectivity index (χ0v) is 22.2. The largest absolute Gasteiger partial charge is 0.495 e. The van der Waals surface area contributed by atoms with Crippen LogP contribution < -0.4 is 20.1 Å². The SMILES string of the molecule is COc1cc(OC)c(Cl)c(-c2ccc3nc(NC4COCC4NC(=O)OC(C)(C)C)ncc3c2)c1Cl. The number of ether oxygens (including phenoxy) is 4. The molecule has 9 nitrogen and oxygen atoms in total. The quantitative estimate of drug-likeness (QED) is 0.437. The predicted octanol–water partition coefficient (Wildman–Crippen LogP) is 5.32. The number of hydrogen-bond acceptors (Lipinski definition) is 8. The number of hydrogen-bond donors (Lipinski definition) is 2. The number of anilines is 1. The van der Waals surface area contributed by atoms with E-state index in [4.69, 9.17) is 42.1 Å². The van der Waals surface area contributed by atoms with Crippen LogP contribution in [-0.2, 0) is 9.47 Å². The second-order valence-electron chi connectivity index (χ2n) is 9.29. The number of methoxy groups -OCH3 is 2.